The standard InChI is InChI=1S/C17H23NO8/c1-3-4-5-8-10-12(18-11(8)16(23)25-2)17(24)26-15(14(10)22)13(21)9(20)6-7-19/h6-7,9,13-15,18-22H,3-5H2,1-2H3. The number of aliphatic hydroxyl groups is 4. The van der Waals surface area contributed by atoms with E-state index in [4.69, 9.17) is 14.6 Å². The zero-order valence-electron chi connectivity index (χ0n) is 14.5. The monoisotopic (exact) mass is 369 g/mol. The van der Waals surface area contributed by atoms with E-state index >= 15 is 0 Å². The number of fused-ring (bicyclic) bond motifs is 1. The normalized spacial score (nSPS) is 22.0. The Kier molecular flexibility index (Phi) is 6.41. The first-order valence-electron chi connectivity index (χ1n) is 8.26. The van der Waals surface area contributed by atoms with Crippen LogP contribution in [-0.2, 0) is 15.9 Å². The Morgan fingerprint density at radius 2 is 2.12 bits per heavy atom. The molecule has 4 atom stereocenters. The van der Waals surface area contributed by atoms with E-state index in [1.165, 1.54) is 7.11 Å². The first-order valence-corrected chi connectivity index (χ1v) is 8.26. The summed E-state index contributed by atoms with van der Waals surface area (Å²) in [7, 11) is 1.20. The highest BCUT2D eigenvalue weighted by atomic mass is 16.6. The van der Waals surface area contributed by atoms with Crippen molar-refractivity contribution in [3.63, 3.8) is 0 Å². The number of aromatic nitrogens is 1. The highest BCUT2D eigenvalue weighted by Gasteiger charge is 2.44. The molecule has 0 fully saturated rings. The number of hydrogen-bond acceptors (Lipinski definition) is 8. The summed E-state index contributed by atoms with van der Waals surface area (Å²) in [5.74, 6) is -1.56. The Hall–Kier alpha value is -2.36. The molecule has 0 bridgehead atoms. The Labute approximate surface area is 149 Å². The van der Waals surface area contributed by atoms with E-state index in [1.807, 2.05) is 6.92 Å². The Bertz CT molecular complexity index is 695. The van der Waals surface area contributed by atoms with Gasteiger partial charge in [-0.1, -0.05) is 13.3 Å². The van der Waals surface area contributed by atoms with E-state index in [1.54, 1.807) is 0 Å². The molecule has 1 aliphatic heterocycles. The van der Waals surface area contributed by atoms with Gasteiger partial charge in [-0.3, -0.25) is 0 Å². The fourth-order valence-corrected chi connectivity index (χ4v) is 2.99. The average molecular weight is 369 g/mol. The zero-order valence-corrected chi connectivity index (χ0v) is 14.5. The number of ether oxygens (including phenoxy) is 2. The maximum absolute atomic E-state index is 12.3. The van der Waals surface area contributed by atoms with Crippen molar-refractivity contribution < 1.29 is 39.5 Å². The third-order valence-electron chi connectivity index (χ3n) is 4.34. The molecule has 1 aliphatic rings. The summed E-state index contributed by atoms with van der Waals surface area (Å²) in [6.45, 7) is 1.95. The Morgan fingerprint density at radius 3 is 2.69 bits per heavy atom. The van der Waals surface area contributed by atoms with Gasteiger partial charge in [0.2, 0.25) is 0 Å². The predicted molar refractivity (Wildman–Crippen MR) is 88.7 cm³/mol. The van der Waals surface area contributed by atoms with Crippen LogP contribution in [0.1, 0.15) is 58.0 Å². The second kappa shape index (κ2) is 8.35. The maximum Gasteiger partial charge on any atom is 0.355 e. The van der Waals surface area contributed by atoms with E-state index in [0.29, 0.717) is 24.7 Å². The number of carbonyl (C=O) groups excluding carboxylic acids is 2. The molecule has 9 heteroatoms. The lowest BCUT2D eigenvalue weighted by Gasteiger charge is -2.33. The van der Waals surface area contributed by atoms with Gasteiger partial charge in [-0.05, 0) is 24.5 Å². The van der Waals surface area contributed by atoms with E-state index in [0.717, 1.165) is 12.5 Å². The SMILES string of the molecule is CCCCc1c(C(=O)OC)[nH]c2c1C(O)C(C(O)C(O)C=CO)OC2=O. The highest BCUT2D eigenvalue weighted by molar-refractivity contribution is 5.97. The summed E-state index contributed by atoms with van der Waals surface area (Å²) >= 11 is 0. The number of aromatic amines is 1. The first-order chi connectivity index (χ1) is 12.4. The number of cyclic esters (lactones) is 1. The summed E-state index contributed by atoms with van der Waals surface area (Å²) in [5.41, 5.74) is 0.536. The van der Waals surface area contributed by atoms with Crippen LogP contribution in [0.15, 0.2) is 12.3 Å². The van der Waals surface area contributed by atoms with Crippen molar-refractivity contribution >= 4 is 11.9 Å². The molecule has 0 saturated heterocycles. The molecule has 0 radical (unpaired) electrons. The molecule has 26 heavy (non-hydrogen) atoms. The van der Waals surface area contributed by atoms with E-state index < -0.39 is 36.4 Å². The van der Waals surface area contributed by atoms with Gasteiger partial charge < -0.3 is 34.9 Å². The second-order valence-corrected chi connectivity index (χ2v) is 6.00. The molecular weight excluding hydrogens is 346 g/mol. The van der Waals surface area contributed by atoms with Crippen molar-refractivity contribution in [1.82, 2.24) is 4.98 Å². The van der Waals surface area contributed by atoms with Gasteiger partial charge in [-0.25, -0.2) is 9.59 Å². The molecule has 2 rings (SSSR count). The quantitative estimate of drug-likeness (QED) is 0.345. The minimum atomic E-state index is -1.68. The predicted octanol–water partition coefficient (Wildman–Crippen LogP) is 0.510. The van der Waals surface area contributed by atoms with Crippen LogP contribution in [0.5, 0.6) is 0 Å². The van der Waals surface area contributed by atoms with Crippen LogP contribution in [0, 0.1) is 0 Å². The third kappa shape index (κ3) is 3.59. The van der Waals surface area contributed by atoms with Crippen LogP contribution in [0.2, 0.25) is 0 Å². The topological polar surface area (TPSA) is 149 Å². The van der Waals surface area contributed by atoms with Crippen LogP contribution in [-0.4, -0.2) is 62.8 Å². The fraction of sp³-hybridized carbons (Fsp3) is 0.529. The highest BCUT2D eigenvalue weighted by Crippen LogP contribution is 2.37. The molecule has 144 valence electrons. The molecule has 0 aliphatic carbocycles. The van der Waals surface area contributed by atoms with Crippen molar-refractivity contribution in [3.8, 4) is 0 Å². The number of aliphatic hydroxyl groups excluding tert-OH is 4. The van der Waals surface area contributed by atoms with E-state index in [-0.39, 0.29) is 17.0 Å². The van der Waals surface area contributed by atoms with E-state index in [2.05, 4.69) is 4.98 Å². The molecular formula is C17H23NO8. The number of H-pyrrole nitrogens is 1. The number of esters is 2. The van der Waals surface area contributed by atoms with Crippen LogP contribution in [0.3, 0.4) is 0 Å². The van der Waals surface area contributed by atoms with Crippen molar-refractivity contribution in [2.45, 2.75) is 50.6 Å². The molecule has 9 nitrogen and oxygen atoms in total. The maximum atomic E-state index is 12.3. The summed E-state index contributed by atoms with van der Waals surface area (Å²) < 4.78 is 9.76. The summed E-state index contributed by atoms with van der Waals surface area (Å²) in [5, 5.41) is 39.3. The number of unbranched alkanes of at least 4 members (excludes halogenated alkanes) is 1. The molecule has 0 spiro atoms. The van der Waals surface area contributed by atoms with Crippen LogP contribution in [0.4, 0.5) is 0 Å². The average Bonchev–Trinajstić information content (AvgIpc) is 3.02. The number of rotatable bonds is 7. The van der Waals surface area contributed by atoms with Gasteiger partial charge >= 0.3 is 11.9 Å². The largest absolute Gasteiger partial charge is 0.516 e. The van der Waals surface area contributed by atoms with Gasteiger partial charge in [0.15, 0.2) is 6.10 Å². The molecule has 2 heterocycles. The van der Waals surface area contributed by atoms with Gasteiger partial charge in [0.05, 0.1) is 13.4 Å². The van der Waals surface area contributed by atoms with Crippen molar-refractivity contribution in [2.24, 2.45) is 0 Å². The van der Waals surface area contributed by atoms with Gasteiger partial charge in [0.25, 0.3) is 0 Å². The van der Waals surface area contributed by atoms with Crippen molar-refractivity contribution in [3.05, 3.63) is 34.9 Å². The van der Waals surface area contributed by atoms with Gasteiger partial charge in [0, 0.05) is 5.56 Å². The smallest absolute Gasteiger partial charge is 0.355 e. The minimum Gasteiger partial charge on any atom is -0.516 e. The number of nitrogens with one attached hydrogen (secondary N) is 1. The third-order valence-corrected chi connectivity index (χ3v) is 4.34. The number of carbonyl (C=O) groups is 2. The zero-order chi connectivity index (χ0) is 19.4. The minimum absolute atomic E-state index is 0.0490. The molecule has 1 aromatic rings. The van der Waals surface area contributed by atoms with Crippen molar-refractivity contribution in [2.75, 3.05) is 7.11 Å². The summed E-state index contributed by atoms with van der Waals surface area (Å²) in [6.07, 6.45) is -2.85. The Balaban J connectivity index is 2.49. The molecule has 4 unspecified atom stereocenters. The van der Waals surface area contributed by atoms with Gasteiger partial charge in [0.1, 0.15) is 29.7 Å². The van der Waals surface area contributed by atoms with Crippen molar-refractivity contribution in [1.29, 1.82) is 0 Å². The number of hydrogen-bond donors (Lipinski definition) is 5. The molecule has 1 aromatic heterocycles. The van der Waals surface area contributed by atoms with E-state index in [9.17, 15) is 24.9 Å². The van der Waals surface area contributed by atoms with Gasteiger partial charge in [-0.15, -0.1) is 0 Å². The lowest BCUT2D eigenvalue weighted by Crippen LogP contribution is -2.46. The second-order valence-electron chi connectivity index (χ2n) is 6.00. The van der Waals surface area contributed by atoms with Crippen LogP contribution < -0.4 is 0 Å². The molecule has 0 saturated carbocycles. The van der Waals surface area contributed by atoms with Crippen LogP contribution >= 0.6 is 0 Å². The Morgan fingerprint density at radius 1 is 1.42 bits per heavy atom. The molecule has 0 aromatic carbocycles. The first kappa shape index (κ1) is 20.0. The summed E-state index contributed by atoms with van der Waals surface area (Å²) in [4.78, 5) is 27.0. The van der Waals surface area contributed by atoms with Gasteiger partial charge in [-0.2, -0.15) is 0 Å². The molecule has 0 amide bonds. The van der Waals surface area contributed by atoms with Crippen LogP contribution in [0.25, 0.3) is 0 Å². The lowest BCUT2D eigenvalue weighted by molar-refractivity contribution is -0.109. The molecule has 5 N–H and O–H groups in total. The summed E-state index contributed by atoms with van der Waals surface area (Å²) in [6, 6.07) is 0. The number of methoxy groups -OCH3 is 1. The fourth-order valence-electron chi connectivity index (χ4n) is 2.99. The lowest BCUT2D eigenvalue weighted by atomic mass is 9.90.